The van der Waals surface area contributed by atoms with E-state index < -0.39 is 0 Å². The molecule has 6 nitrogen and oxygen atoms in total. The van der Waals surface area contributed by atoms with Crippen molar-refractivity contribution in [1.82, 2.24) is 0 Å². The van der Waals surface area contributed by atoms with Gasteiger partial charge in [0.05, 0.1) is 18.6 Å². The molecule has 2 saturated heterocycles. The fourth-order valence-electron chi connectivity index (χ4n) is 5.42. The van der Waals surface area contributed by atoms with Crippen LogP contribution in [0.25, 0.3) is 0 Å². The van der Waals surface area contributed by atoms with E-state index in [9.17, 15) is 4.79 Å². The van der Waals surface area contributed by atoms with Gasteiger partial charge in [0, 0.05) is 19.2 Å². The number of hydrogen-bond acceptors (Lipinski definition) is 6. The molecule has 1 aromatic rings. The Morgan fingerprint density at radius 3 is 2.62 bits per heavy atom. The number of rotatable bonds is 9. The molecule has 0 aromatic heterocycles. The predicted octanol–water partition coefficient (Wildman–Crippen LogP) is 4.21. The van der Waals surface area contributed by atoms with E-state index in [1.54, 1.807) is 7.11 Å². The molecule has 6 atom stereocenters. The molecule has 176 valence electrons. The summed E-state index contributed by atoms with van der Waals surface area (Å²) in [6, 6.07) is 7.79. The number of nitrogen functional groups attached to an aromatic ring is 1. The van der Waals surface area contributed by atoms with Gasteiger partial charge in [0.25, 0.3) is 0 Å². The summed E-state index contributed by atoms with van der Waals surface area (Å²) in [6.07, 6.45) is 6.35. The highest BCUT2D eigenvalue weighted by Crippen LogP contribution is 2.59. The maximum atomic E-state index is 12.6. The Balaban J connectivity index is 1.35. The Hall–Kier alpha value is -1.89. The van der Waals surface area contributed by atoms with E-state index >= 15 is 0 Å². The van der Waals surface area contributed by atoms with Crippen LogP contribution < -0.4 is 5.73 Å². The number of benzene rings is 1. The van der Waals surface area contributed by atoms with Crippen LogP contribution in [0, 0.1) is 5.92 Å². The molecule has 2 N–H and O–H groups in total. The molecule has 0 unspecified atom stereocenters. The summed E-state index contributed by atoms with van der Waals surface area (Å²) >= 11 is 0. The van der Waals surface area contributed by atoms with E-state index in [4.69, 9.17) is 24.7 Å². The van der Waals surface area contributed by atoms with Gasteiger partial charge in [0.15, 0.2) is 0 Å². The summed E-state index contributed by atoms with van der Waals surface area (Å²) in [5.74, 6) is -0.112. The van der Waals surface area contributed by atoms with Crippen molar-refractivity contribution < 1.29 is 23.7 Å². The van der Waals surface area contributed by atoms with Crippen LogP contribution in [-0.4, -0.2) is 49.2 Å². The molecular formula is C26H37NO5. The second kappa shape index (κ2) is 9.16. The number of epoxide rings is 2. The highest BCUT2D eigenvalue weighted by atomic mass is 16.6. The number of methoxy groups -OCH3 is 1. The number of hydrogen-bond donors (Lipinski definition) is 1. The van der Waals surface area contributed by atoms with Crippen molar-refractivity contribution in [3.05, 3.63) is 41.5 Å². The number of esters is 1. The molecule has 2 heterocycles. The number of anilines is 1. The van der Waals surface area contributed by atoms with Crippen molar-refractivity contribution in [3.63, 3.8) is 0 Å². The van der Waals surface area contributed by atoms with Gasteiger partial charge in [-0.15, -0.1) is 0 Å². The molecule has 0 radical (unpaired) electrons. The van der Waals surface area contributed by atoms with E-state index in [0.29, 0.717) is 6.42 Å². The number of carbonyl (C=O) groups excluding carboxylic acids is 1. The number of carbonyl (C=O) groups is 1. The molecule has 6 heteroatoms. The van der Waals surface area contributed by atoms with Gasteiger partial charge >= 0.3 is 5.97 Å². The molecule has 4 rings (SSSR count). The van der Waals surface area contributed by atoms with Crippen LogP contribution in [0.3, 0.4) is 0 Å². The van der Waals surface area contributed by atoms with Gasteiger partial charge in [-0.25, -0.2) is 0 Å². The van der Waals surface area contributed by atoms with E-state index in [-0.39, 0.29) is 41.4 Å². The second-order valence-corrected chi connectivity index (χ2v) is 10.0. The molecule has 1 spiro atoms. The lowest BCUT2D eigenvalue weighted by atomic mass is 9.68. The number of nitrogens with two attached hydrogens (primary N) is 1. The average molecular weight is 444 g/mol. The van der Waals surface area contributed by atoms with Gasteiger partial charge in [0.2, 0.25) is 0 Å². The van der Waals surface area contributed by atoms with Gasteiger partial charge in [-0.1, -0.05) is 23.8 Å². The smallest absolute Gasteiger partial charge is 0.306 e. The fourth-order valence-corrected chi connectivity index (χ4v) is 5.42. The third-order valence-corrected chi connectivity index (χ3v) is 7.35. The zero-order valence-corrected chi connectivity index (χ0v) is 19.8. The average Bonchev–Trinajstić information content (AvgIpc) is 3.66. The number of aryl methyl sites for hydroxylation is 1. The fraction of sp³-hybridized carbons (Fsp3) is 0.654. The maximum absolute atomic E-state index is 12.6. The lowest BCUT2D eigenvalue weighted by Gasteiger charge is -2.42. The summed E-state index contributed by atoms with van der Waals surface area (Å²) in [6.45, 7) is 7.10. The first-order valence-corrected chi connectivity index (χ1v) is 11.8. The SMILES string of the molecule is CO[C@@H]1[C@H](OC(=O)CCCc2ccc(N)cc2)CC[C@]2(CO2)[C@H]1[C@]1(C)O[C@@H]1CC=C(C)C. The van der Waals surface area contributed by atoms with Crippen molar-refractivity contribution >= 4 is 11.7 Å². The Morgan fingerprint density at radius 2 is 2.00 bits per heavy atom. The minimum absolute atomic E-state index is 0.0527. The Labute approximate surface area is 191 Å². The first kappa shape index (κ1) is 23.3. The Morgan fingerprint density at radius 1 is 1.28 bits per heavy atom. The first-order valence-electron chi connectivity index (χ1n) is 11.8. The van der Waals surface area contributed by atoms with Gasteiger partial charge < -0.3 is 24.7 Å². The second-order valence-electron chi connectivity index (χ2n) is 10.0. The van der Waals surface area contributed by atoms with Crippen LogP contribution in [0.15, 0.2) is 35.9 Å². The molecule has 2 aliphatic heterocycles. The molecule has 3 fully saturated rings. The highest BCUT2D eigenvalue weighted by Gasteiger charge is 2.72. The Kier molecular flexibility index (Phi) is 6.66. The summed E-state index contributed by atoms with van der Waals surface area (Å²) in [4.78, 5) is 12.6. The van der Waals surface area contributed by atoms with Crippen LogP contribution in [0.2, 0.25) is 0 Å². The van der Waals surface area contributed by atoms with Crippen LogP contribution in [0.5, 0.6) is 0 Å². The quantitative estimate of drug-likeness (QED) is 0.266. The minimum Gasteiger partial charge on any atom is -0.460 e. The third kappa shape index (κ3) is 4.87. The monoisotopic (exact) mass is 443 g/mol. The van der Waals surface area contributed by atoms with Crippen LogP contribution in [-0.2, 0) is 30.2 Å². The molecule has 1 aromatic carbocycles. The van der Waals surface area contributed by atoms with Gasteiger partial charge in [-0.2, -0.15) is 0 Å². The zero-order valence-electron chi connectivity index (χ0n) is 19.8. The summed E-state index contributed by atoms with van der Waals surface area (Å²) in [5, 5.41) is 0. The summed E-state index contributed by atoms with van der Waals surface area (Å²) in [5.41, 5.74) is 8.43. The standard InChI is InChI=1S/C26H37NO5/c1-17(2)8-13-21-25(3,32-21)24-23(29-4)20(14-15-26(24)16-30-26)31-22(28)7-5-6-18-9-11-19(27)12-10-18/h8-12,20-21,23-24H,5-7,13-16,27H2,1-4H3/t20-,21-,23-,24-,25-,26+/m1/s1. The summed E-state index contributed by atoms with van der Waals surface area (Å²) < 4.78 is 24.1. The van der Waals surface area contributed by atoms with E-state index in [0.717, 1.165) is 44.4 Å². The van der Waals surface area contributed by atoms with E-state index in [1.165, 1.54) is 11.1 Å². The lowest BCUT2D eigenvalue weighted by Crippen LogP contribution is -2.55. The normalized spacial score (nSPS) is 35.4. The maximum Gasteiger partial charge on any atom is 0.306 e. The number of ether oxygens (including phenoxy) is 4. The van der Waals surface area contributed by atoms with Crippen molar-refractivity contribution in [2.75, 3.05) is 19.5 Å². The third-order valence-electron chi connectivity index (χ3n) is 7.35. The highest BCUT2D eigenvalue weighted by molar-refractivity contribution is 5.69. The Bertz CT molecular complexity index is 842. The molecule has 1 saturated carbocycles. The van der Waals surface area contributed by atoms with Crippen molar-refractivity contribution in [2.24, 2.45) is 5.92 Å². The van der Waals surface area contributed by atoms with Crippen molar-refractivity contribution in [2.45, 2.75) is 88.8 Å². The van der Waals surface area contributed by atoms with Gasteiger partial charge in [-0.05, 0) is 70.6 Å². The van der Waals surface area contributed by atoms with E-state index in [2.05, 4.69) is 26.8 Å². The molecular weight excluding hydrogens is 406 g/mol. The van der Waals surface area contributed by atoms with Crippen molar-refractivity contribution in [1.29, 1.82) is 0 Å². The van der Waals surface area contributed by atoms with Gasteiger partial charge in [0.1, 0.15) is 23.4 Å². The molecule has 1 aliphatic carbocycles. The minimum atomic E-state index is -0.316. The predicted molar refractivity (Wildman–Crippen MR) is 123 cm³/mol. The van der Waals surface area contributed by atoms with E-state index in [1.807, 2.05) is 24.3 Å². The number of allylic oxidation sites excluding steroid dienone is 1. The van der Waals surface area contributed by atoms with Crippen LogP contribution in [0.4, 0.5) is 5.69 Å². The van der Waals surface area contributed by atoms with Crippen LogP contribution >= 0.6 is 0 Å². The lowest BCUT2D eigenvalue weighted by molar-refractivity contribution is -0.172. The first-order chi connectivity index (χ1) is 15.3. The zero-order chi connectivity index (χ0) is 22.9. The summed E-state index contributed by atoms with van der Waals surface area (Å²) in [7, 11) is 1.71. The van der Waals surface area contributed by atoms with Crippen LogP contribution in [0.1, 0.15) is 58.4 Å². The molecule has 0 amide bonds. The topological polar surface area (TPSA) is 86.6 Å². The largest absolute Gasteiger partial charge is 0.460 e. The molecule has 32 heavy (non-hydrogen) atoms. The van der Waals surface area contributed by atoms with Gasteiger partial charge in [-0.3, -0.25) is 4.79 Å². The molecule has 0 bridgehead atoms. The molecule has 3 aliphatic rings. The van der Waals surface area contributed by atoms with Crippen molar-refractivity contribution in [3.8, 4) is 0 Å².